The van der Waals surface area contributed by atoms with Gasteiger partial charge < -0.3 is 5.11 Å². The molecule has 6 nitrogen and oxygen atoms in total. The van der Waals surface area contributed by atoms with Crippen LogP contribution in [0.1, 0.15) is 26.2 Å². The molecule has 102 valence electrons. The van der Waals surface area contributed by atoms with Gasteiger partial charge in [-0.05, 0) is 18.6 Å². The minimum absolute atomic E-state index is 0.368. The number of benzene rings is 1. The molecule has 6 heteroatoms. The van der Waals surface area contributed by atoms with Crippen LogP contribution in [0.25, 0.3) is 11.0 Å². The number of imidazole rings is 1. The number of hydrogen-bond acceptors (Lipinski definition) is 3. The van der Waals surface area contributed by atoms with Gasteiger partial charge in [-0.3, -0.25) is 0 Å². The lowest BCUT2D eigenvalue weighted by atomic mass is 10.3. The third-order valence-electron chi connectivity index (χ3n) is 2.76. The first-order valence-corrected chi connectivity index (χ1v) is 6.32. The maximum Gasteiger partial charge on any atom is 0.452 e. The molecule has 0 bridgehead atoms. The Morgan fingerprint density at radius 1 is 1.42 bits per heavy atom. The van der Waals surface area contributed by atoms with Gasteiger partial charge in [0.25, 0.3) is 0 Å². The van der Waals surface area contributed by atoms with Gasteiger partial charge in [-0.1, -0.05) is 37.1 Å². The van der Waals surface area contributed by atoms with Gasteiger partial charge in [-0.2, -0.15) is 0 Å². The Morgan fingerprint density at radius 3 is 2.95 bits per heavy atom. The number of rotatable bonds is 6. The molecule has 1 aromatic carbocycles. The Bertz CT molecular complexity index is 553. The van der Waals surface area contributed by atoms with Gasteiger partial charge in [0.05, 0.1) is 17.6 Å². The Kier molecular flexibility index (Phi) is 4.35. The van der Waals surface area contributed by atoms with Crippen molar-refractivity contribution < 1.29 is 14.7 Å². The molecule has 2 rings (SSSR count). The van der Waals surface area contributed by atoms with Crippen LogP contribution in [0.15, 0.2) is 30.6 Å². The zero-order valence-electron chi connectivity index (χ0n) is 10.8. The zero-order chi connectivity index (χ0) is 13.7. The molecule has 0 aliphatic rings. The summed E-state index contributed by atoms with van der Waals surface area (Å²) in [6.07, 6.45) is 3.17. The summed E-state index contributed by atoms with van der Waals surface area (Å²) in [6.45, 7) is 2.45. The average molecular weight is 263 g/mol. The van der Waals surface area contributed by atoms with Crippen LogP contribution in [0.3, 0.4) is 0 Å². The van der Waals surface area contributed by atoms with Crippen LogP contribution in [-0.4, -0.2) is 27.5 Å². The summed E-state index contributed by atoms with van der Waals surface area (Å²) >= 11 is 0. The van der Waals surface area contributed by atoms with Crippen LogP contribution in [0.5, 0.6) is 0 Å². The van der Waals surface area contributed by atoms with E-state index >= 15 is 0 Å². The SMILES string of the molecule is CCCCCON(C(=O)O)n1cnc2ccccc21. The summed E-state index contributed by atoms with van der Waals surface area (Å²) in [4.78, 5) is 20.7. The maximum atomic E-state index is 11.3. The molecule has 0 aliphatic carbocycles. The second kappa shape index (κ2) is 6.19. The maximum absolute atomic E-state index is 11.3. The molecule has 1 N–H and O–H groups in total. The molecule has 1 heterocycles. The largest absolute Gasteiger partial charge is 0.462 e. The first-order chi connectivity index (χ1) is 9.24. The van der Waals surface area contributed by atoms with Gasteiger partial charge in [0, 0.05) is 0 Å². The fourth-order valence-electron chi connectivity index (χ4n) is 1.80. The van der Waals surface area contributed by atoms with E-state index in [1.54, 1.807) is 6.07 Å². The number of fused-ring (bicyclic) bond motifs is 1. The lowest BCUT2D eigenvalue weighted by Gasteiger charge is -2.19. The van der Waals surface area contributed by atoms with E-state index in [4.69, 9.17) is 4.84 Å². The summed E-state index contributed by atoms with van der Waals surface area (Å²) in [7, 11) is 0. The number of hydrogen-bond donors (Lipinski definition) is 1. The molecule has 2 aromatic rings. The second-order valence-electron chi connectivity index (χ2n) is 4.17. The molecule has 0 spiro atoms. The first kappa shape index (κ1) is 13.4. The number of amides is 1. The molecular formula is C13H17N3O3. The molecule has 0 fully saturated rings. The van der Waals surface area contributed by atoms with E-state index in [2.05, 4.69) is 11.9 Å². The quantitative estimate of drug-likeness (QED) is 0.642. The Balaban J connectivity index is 2.16. The van der Waals surface area contributed by atoms with Crippen molar-refractivity contribution in [2.24, 2.45) is 0 Å². The van der Waals surface area contributed by atoms with E-state index < -0.39 is 6.09 Å². The van der Waals surface area contributed by atoms with Crippen molar-refractivity contribution in [3.05, 3.63) is 30.6 Å². The molecule has 1 aromatic heterocycles. The fourth-order valence-corrected chi connectivity index (χ4v) is 1.80. The molecule has 0 radical (unpaired) electrons. The van der Waals surface area contributed by atoms with Crippen LogP contribution in [0.2, 0.25) is 0 Å². The standard InChI is InChI=1S/C13H17N3O3/c1-2-3-6-9-19-16(13(17)18)15-10-14-11-7-4-5-8-12(11)15/h4-5,7-8,10H,2-3,6,9H2,1H3,(H,17,18). The van der Waals surface area contributed by atoms with E-state index in [1.807, 2.05) is 18.2 Å². The van der Waals surface area contributed by atoms with Crippen LogP contribution < -0.4 is 5.17 Å². The van der Waals surface area contributed by atoms with Crippen molar-refractivity contribution >= 4 is 17.1 Å². The number of unbranched alkanes of at least 4 members (excludes halogenated alkanes) is 2. The van der Waals surface area contributed by atoms with E-state index in [9.17, 15) is 9.90 Å². The molecule has 0 unspecified atom stereocenters. The predicted molar refractivity (Wildman–Crippen MR) is 71.5 cm³/mol. The number of nitrogens with zero attached hydrogens (tertiary/aromatic N) is 3. The highest BCUT2D eigenvalue weighted by Crippen LogP contribution is 2.13. The molecule has 0 atom stereocenters. The first-order valence-electron chi connectivity index (χ1n) is 6.32. The van der Waals surface area contributed by atoms with Crippen molar-refractivity contribution in [2.75, 3.05) is 11.8 Å². The number of carbonyl (C=O) groups is 1. The molecule has 0 saturated heterocycles. The minimum Gasteiger partial charge on any atom is -0.462 e. The van der Waals surface area contributed by atoms with Gasteiger partial charge in [0.2, 0.25) is 0 Å². The van der Waals surface area contributed by atoms with Crippen molar-refractivity contribution in [1.82, 2.24) is 9.66 Å². The van der Waals surface area contributed by atoms with Gasteiger partial charge in [0.1, 0.15) is 6.33 Å². The third kappa shape index (κ3) is 3.03. The van der Waals surface area contributed by atoms with Gasteiger partial charge in [-0.25, -0.2) is 19.3 Å². The molecule has 0 saturated carbocycles. The number of hydroxylamine groups is 1. The van der Waals surface area contributed by atoms with Crippen molar-refractivity contribution in [2.45, 2.75) is 26.2 Å². The fraction of sp³-hybridized carbons (Fsp3) is 0.385. The average Bonchev–Trinajstić information content (AvgIpc) is 2.82. The van der Waals surface area contributed by atoms with Crippen molar-refractivity contribution in [1.29, 1.82) is 0 Å². The van der Waals surface area contributed by atoms with Crippen molar-refractivity contribution in [3.63, 3.8) is 0 Å². The molecular weight excluding hydrogens is 246 g/mol. The van der Waals surface area contributed by atoms with Crippen LogP contribution >= 0.6 is 0 Å². The predicted octanol–water partition coefficient (Wildman–Crippen LogP) is 2.77. The second-order valence-corrected chi connectivity index (χ2v) is 4.17. The molecule has 0 aliphatic heterocycles. The normalized spacial score (nSPS) is 10.8. The Morgan fingerprint density at radius 2 is 2.21 bits per heavy atom. The minimum atomic E-state index is -1.17. The lowest BCUT2D eigenvalue weighted by Crippen LogP contribution is -2.39. The van der Waals surface area contributed by atoms with Gasteiger partial charge in [0.15, 0.2) is 0 Å². The molecule has 1 amide bonds. The smallest absolute Gasteiger partial charge is 0.452 e. The van der Waals surface area contributed by atoms with E-state index in [0.717, 1.165) is 30.0 Å². The number of carboxylic acid groups (broad SMARTS) is 1. The van der Waals surface area contributed by atoms with Gasteiger partial charge in [-0.15, -0.1) is 0 Å². The van der Waals surface area contributed by atoms with Gasteiger partial charge >= 0.3 is 6.09 Å². The number of aromatic nitrogens is 2. The molecule has 19 heavy (non-hydrogen) atoms. The van der Waals surface area contributed by atoms with E-state index in [1.165, 1.54) is 11.0 Å². The highest BCUT2D eigenvalue weighted by molar-refractivity contribution is 5.80. The Hall–Kier alpha value is -2.08. The summed E-state index contributed by atoms with van der Waals surface area (Å²) in [5.41, 5.74) is 1.42. The monoisotopic (exact) mass is 263 g/mol. The van der Waals surface area contributed by atoms with E-state index in [-0.39, 0.29) is 0 Å². The topological polar surface area (TPSA) is 67.6 Å². The third-order valence-corrected chi connectivity index (χ3v) is 2.76. The highest BCUT2D eigenvalue weighted by atomic mass is 16.7. The lowest BCUT2D eigenvalue weighted by molar-refractivity contribution is 0.0530. The Labute approximate surface area is 111 Å². The van der Waals surface area contributed by atoms with Crippen LogP contribution in [-0.2, 0) is 4.84 Å². The summed E-state index contributed by atoms with van der Waals surface area (Å²) in [5.74, 6) is 0. The summed E-state index contributed by atoms with van der Waals surface area (Å²) < 4.78 is 1.39. The highest BCUT2D eigenvalue weighted by Gasteiger charge is 2.17. The number of para-hydroxylation sites is 2. The van der Waals surface area contributed by atoms with Crippen molar-refractivity contribution in [3.8, 4) is 0 Å². The van der Waals surface area contributed by atoms with E-state index in [0.29, 0.717) is 12.1 Å². The van der Waals surface area contributed by atoms with Crippen LogP contribution in [0, 0.1) is 0 Å². The zero-order valence-corrected chi connectivity index (χ0v) is 10.8. The summed E-state index contributed by atoms with van der Waals surface area (Å²) in [5, 5.41) is 10.0. The van der Waals surface area contributed by atoms with Crippen LogP contribution in [0.4, 0.5) is 4.79 Å². The summed E-state index contributed by atoms with van der Waals surface area (Å²) in [6, 6.07) is 7.31.